The van der Waals surface area contributed by atoms with E-state index >= 15 is 0 Å². The number of nitrogens with two attached hydrogens (primary N) is 1. The minimum absolute atomic E-state index is 1.04. The zero-order valence-electron chi connectivity index (χ0n) is 12.9. The number of hydrazone groups is 1. The number of hydrazine groups is 1. The van der Waals surface area contributed by atoms with Crippen LogP contribution in [0.2, 0.25) is 0 Å². The van der Waals surface area contributed by atoms with Crippen LogP contribution in [0.4, 0.5) is 11.4 Å². The number of rotatable bonds is 3. The van der Waals surface area contributed by atoms with Gasteiger partial charge in [0.05, 0.1) is 11.1 Å². The molecule has 1 heterocycles. The summed E-state index contributed by atoms with van der Waals surface area (Å²) in [6.45, 7) is 0. The molecule has 0 atom stereocenters. The lowest BCUT2D eigenvalue weighted by Crippen LogP contribution is -2.10. The molecule has 2 aromatic carbocycles. The molecule has 0 aromatic heterocycles. The molecule has 3 heteroatoms. The van der Waals surface area contributed by atoms with Gasteiger partial charge in [0, 0.05) is 25.8 Å². The van der Waals surface area contributed by atoms with Crippen molar-refractivity contribution < 1.29 is 4.68 Å². The van der Waals surface area contributed by atoms with E-state index in [1.807, 2.05) is 38.5 Å². The highest BCUT2D eigenvalue weighted by molar-refractivity contribution is 6.12. The molecule has 0 saturated heterocycles. The van der Waals surface area contributed by atoms with Gasteiger partial charge in [-0.15, -0.1) is 0 Å². The molecule has 0 fully saturated rings. The Morgan fingerprint density at radius 1 is 1.00 bits per heavy atom. The smallest absolute Gasteiger partial charge is 0.242 e. The van der Waals surface area contributed by atoms with Crippen molar-refractivity contribution in [3.8, 4) is 0 Å². The number of hydrogen-bond donors (Lipinski definition) is 1. The summed E-state index contributed by atoms with van der Waals surface area (Å²) in [5, 5.41) is 0. The Morgan fingerprint density at radius 2 is 1.73 bits per heavy atom. The summed E-state index contributed by atoms with van der Waals surface area (Å²) < 4.78 is 1.67. The van der Waals surface area contributed by atoms with Gasteiger partial charge < -0.3 is 4.90 Å². The van der Waals surface area contributed by atoms with Gasteiger partial charge >= 0.3 is 0 Å². The second kappa shape index (κ2) is 5.90. The number of fused-ring (bicyclic) bond motifs is 1. The SMILES string of the molecule is CN(C)c1ccc(/C=C/C=C2\C=[N+](N)c3ccccc32)cc1. The highest BCUT2D eigenvalue weighted by atomic mass is 15.3. The van der Waals surface area contributed by atoms with Crippen LogP contribution >= 0.6 is 0 Å². The fourth-order valence-corrected chi connectivity index (χ4v) is 2.51. The van der Waals surface area contributed by atoms with E-state index < -0.39 is 0 Å². The van der Waals surface area contributed by atoms with Crippen molar-refractivity contribution in [3.05, 3.63) is 71.8 Å². The first kappa shape index (κ1) is 14.1. The number of allylic oxidation sites excluding steroid dienone is 3. The third kappa shape index (κ3) is 2.79. The van der Waals surface area contributed by atoms with Crippen LogP contribution in [0.5, 0.6) is 0 Å². The van der Waals surface area contributed by atoms with Crippen molar-refractivity contribution in [3.63, 3.8) is 0 Å². The van der Waals surface area contributed by atoms with Gasteiger partial charge in [-0.3, -0.25) is 0 Å². The van der Waals surface area contributed by atoms with E-state index in [9.17, 15) is 0 Å². The Morgan fingerprint density at radius 3 is 2.45 bits per heavy atom. The first-order valence-corrected chi connectivity index (χ1v) is 7.29. The molecule has 0 unspecified atom stereocenters. The van der Waals surface area contributed by atoms with Crippen LogP contribution in [0.3, 0.4) is 0 Å². The fraction of sp³-hybridized carbons (Fsp3) is 0.105. The van der Waals surface area contributed by atoms with Gasteiger partial charge in [-0.2, -0.15) is 0 Å². The van der Waals surface area contributed by atoms with Crippen LogP contribution < -0.4 is 10.7 Å². The second-order valence-electron chi connectivity index (χ2n) is 5.52. The van der Waals surface area contributed by atoms with Crippen LogP contribution in [0.1, 0.15) is 11.1 Å². The van der Waals surface area contributed by atoms with Crippen LogP contribution in [0.15, 0.2) is 60.7 Å². The monoisotopic (exact) mass is 290 g/mol. The van der Waals surface area contributed by atoms with E-state index in [-0.39, 0.29) is 0 Å². The Hall–Kier alpha value is -2.81. The molecule has 0 radical (unpaired) electrons. The van der Waals surface area contributed by atoms with Crippen LogP contribution in [-0.2, 0) is 0 Å². The van der Waals surface area contributed by atoms with Crippen LogP contribution in [0, 0.1) is 0 Å². The van der Waals surface area contributed by atoms with E-state index in [0.29, 0.717) is 0 Å². The first-order valence-electron chi connectivity index (χ1n) is 7.29. The van der Waals surface area contributed by atoms with Gasteiger partial charge in [0.15, 0.2) is 0 Å². The summed E-state index contributed by atoms with van der Waals surface area (Å²) in [4.78, 5) is 2.09. The summed E-state index contributed by atoms with van der Waals surface area (Å²) >= 11 is 0. The zero-order valence-corrected chi connectivity index (χ0v) is 12.9. The van der Waals surface area contributed by atoms with Crippen LogP contribution in [0.25, 0.3) is 11.6 Å². The zero-order chi connectivity index (χ0) is 15.5. The van der Waals surface area contributed by atoms with Gasteiger partial charge in [0.25, 0.3) is 0 Å². The van der Waals surface area contributed by atoms with E-state index in [4.69, 9.17) is 5.84 Å². The number of anilines is 1. The predicted octanol–water partition coefficient (Wildman–Crippen LogP) is 3.45. The number of para-hydroxylation sites is 1. The molecule has 0 spiro atoms. The molecule has 110 valence electrons. The van der Waals surface area contributed by atoms with Crippen LogP contribution in [-0.4, -0.2) is 25.0 Å². The van der Waals surface area contributed by atoms with Crippen molar-refractivity contribution in [2.75, 3.05) is 19.0 Å². The molecule has 0 bridgehead atoms. The molecular formula is C19H20N3+. The normalized spacial score (nSPS) is 15.2. The third-order valence-corrected chi connectivity index (χ3v) is 3.75. The summed E-state index contributed by atoms with van der Waals surface area (Å²) in [6.07, 6.45) is 8.20. The molecule has 2 N–H and O–H groups in total. The molecule has 0 amide bonds. The maximum Gasteiger partial charge on any atom is 0.242 e. The lowest BCUT2D eigenvalue weighted by molar-refractivity contribution is -0.443. The number of benzene rings is 2. The van der Waals surface area contributed by atoms with Crippen molar-refractivity contribution in [2.24, 2.45) is 5.84 Å². The summed E-state index contributed by atoms with van der Waals surface area (Å²) in [7, 11) is 4.09. The van der Waals surface area contributed by atoms with Gasteiger partial charge in [-0.05, 0) is 29.8 Å². The average Bonchev–Trinajstić information content (AvgIpc) is 2.85. The van der Waals surface area contributed by atoms with Gasteiger partial charge in [-0.1, -0.05) is 41.1 Å². The number of hydrogen-bond acceptors (Lipinski definition) is 2. The topological polar surface area (TPSA) is 32.3 Å². The Labute approximate surface area is 131 Å². The van der Waals surface area contributed by atoms with E-state index in [1.54, 1.807) is 4.68 Å². The quantitative estimate of drug-likeness (QED) is 0.693. The summed E-state index contributed by atoms with van der Waals surface area (Å²) in [5.41, 5.74) is 5.71. The molecule has 0 aliphatic carbocycles. The van der Waals surface area contributed by atoms with E-state index in [0.717, 1.165) is 16.8 Å². The Kier molecular flexibility index (Phi) is 3.79. The standard InChI is InChI=1S/C19H20N3/c1-21(2)17-12-10-15(11-13-17)6-5-7-16-14-22(20)19-9-4-3-8-18(16)19/h3-14H,20H2,1-2H3/q+1. The van der Waals surface area contributed by atoms with Crippen molar-refractivity contribution in [2.45, 2.75) is 0 Å². The molecule has 22 heavy (non-hydrogen) atoms. The Balaban J connectivity index is 1.80. The molecular weight excluding hydrogens is 270 g/mol. The number of nitrogens with zero attached hydrogens (tertiary/aromatic N) is 2. The van der Waals surface area contributed by atoms with Gasteiger partial charge in [-0.25, -0.2) is 5.84 Å². The maximum absolute atomic E-state index is 5.97. The minimum Gasteiger partial charge on any atom is -0.378 e. The highest BCUT2D eigenvalue weighted by Crippen LogP contribution is 2.28. The second-order valence-corrected chi connectivity index (χ2v) is 5.52. The van der Waals surface area contributed by atoms with Crippen molar-refractivity contribution in [1.29, 1.82) is 0 Å². The third-order valence-electron chi connectivity index (χ3n) is 3.75. The largest absolute Gasteiger partial charge is 0.378 e. The summed E-state index contributed by atoms with van der Waals surface area (Å²) in [6, 6.07) is 16.6. The molecule has 0 saturated carbocycles. The Bertz CT molecular complexity index is 766. The average molecular weight is 290 g/mol. The van der Waals surface area contributed by atoms with Gasteiger partial charge in [0.1, 0.15) is 0 Å². The van der Waals surface area contributed by atoms with E-state index in [2.05, 4.69) is 53.5 Å². The summed E-state index contributed by atoms with van der Waals surface area (Å²) in [5.74, 6) is 5.97. The lowest BCUT2D eigenvalue weighted by Gasteiger charge is -2.11. The highest BCUT2D eigenvalue weighted by Gasteiger charge is 2.22. The molecule has 3 nitrogen and oxygen atoms in total. The fourth-order valence-electron chi connectivity index (χ4n) is 2.51. The molecule has 1 aliphatic rings. The maximum atomic E-state index is 5.97. The predicted molar refractivity (Wildman–Crippen MR) is 94.4 cm³/mol. The van der Waals surface area contributed by atoms with Gasteiger partial charge in [0.2, 0.25) is 11.9 Å². The molecule has 3 rings (SSSR count). The molecule has 1 aliphatic heterocycles. The van der Waals surface area contributed by atoms with E-state index in [1.165, 1.54) is 11.3 Å². The molecule has 2 aromatic rings. The minimum atomic E-state index is 1.04. The first-order chi connectivity index (χ1) is 10.6. The lowest BCUT2D eigenvalue weighted by atomic mass is 10.1. The van der Waals surface area contributed by atoms with Crippen molar-refractivity contribution >= 4 is 29.2 Å². The van der Waals surface area contributed by atoms with Crippen molar-refractivity contribution in [1.82, 2.24) is 0 Å².